The van der Waals surface area contributed by atoms with Crippen LogP contribution >= 0.6 is 0 Å². The topological polar surface area (TPSA) is 77.8 Å². The lowest BCUT2D eigenvalue weighted by molar-refractivity contribution is -0.126. The first-order valence-corrected chi connectivity index (χ1v) is 10.1. The van der Waals surface area contributed by atoms with E-state index in [1.54, 1.807) is 6.26 Å². The van der Waals surface area contributed by atoms with Gasteiger partial charge in [0.05, 0.1) is 12.8 Å². The first kappa shape index (κ1) is 18.5. The van der Waals surface area contributed by atoms with Crippen LogP contribution in [0.3, 0.4) is 0 Å². The Kier molecular flexibility index (Phi) is 5.50. The number of rotatable bonds is 7. The zero-order valence-corrected chi connectivity index (χ0v) is 16.0. The van der Waals surface area contributed by atoms with Gasteiger partial charge in [0.25, 0.3) is 0 Å². The van der Waals surface area contributed by atoms with Gasteiger partial charge in [-0.15, -0.1) is 0 Å². The number of carbonyl (C=O) groups excluding carboxylic acids is 2. The van der Waals surface area contributed by atoms with E-state index in [1.165, 1.54) is 12.8 Å². The fourth-order valence-electron chi connectivity index (χ4n) is 4.47. The first-order valence-electron chi connectivity index (χ1n) is 10.1. The highest BCUT2D eigenvalue weighted by atomic mass is 16.3. The Balaban J connectivity index is 1.30. The second-order valence-electron chi connectivity index (χ2n) is 8.20. The Hall–Kier alpha value is -1.86. The number of nitrogens with zero attached hydrogens (tertiary/aromatic N) is 2. The van der Waals surface area contributed by atoms with E-state index in [-0.39, 0.29) is 29.9 Å². The molecule has 2 amide bonds. The van der Waals surface area contributed by atoms with Crippen molar-refractivity contribution in [2.75, 3.05) is 26.7 Å². The van der Waals surface area contributed by atoms with Crippen molar-refractivity contribution in [1.29, 1.82) is 0 Å². The molecule has 3 aliphatic rings. The molecule has 1 aromatic heterocycles. The van der Waals surface area contributed by atoms with E-state index in [4.69, 9.17) is 4.42 Å². The third-order valence-electron chi connectivity index (χ3n) is 6.28. The molecule has 0 spiro atoms. The van der Waals surface area contributed by atoms with Crippen LogP contribution in [-0.2, 0) is 16.1 Å². The normalized spacial score (nSPS) is 29.2. The second-order valence-corrected chi connectivity index (χ2v) is 8.20. The molecule has 2 saturated heterocycles. The number of hydrogen-bond donors (Lipinski definition) is 2. The number of carbonyl (C=O) groups is 2. The summed E-state index contributed by atoms with van der Waals surface area (Å²) in [6.07, 6.45) is 6.45. The standard InChI is InChI=1S/C20H30N4O3/c1-23-15(6-7-18(25)21-12-16-3-2-10-27-16)11-22-20(26)19-17(23)8-9-24(19)13-14-4-5-14/h2-3,10,14-15,17,19H,4-9,11-13H2,1H3,(H,21,25)(H,22,26)/t15-,17+,19-/m0/s1. The molecule has 4 rings (SSSR count). The van der Waals surface area contributed by atoms with E-state index in [0.717, 1.165) is 37.6 Å². The molecule has 1 saturated carbocycles. The summed E-state index contributed by atoms with van der Waals surface area (Å²) in [5.74, 6) is 1.73. The highest BCUT2D eigenvalue weighted by Gasteiger charge is 2.46. The van der Waals surface area contributed by atoms with E-state index < -0.39 is 0 Å². The van der Waals surface area contributed by atoms with Crippen LogP contribution < -0.4 is 10.6 Å². The van der Waals surface area contributed by atoms with Crippen LogP contribution in [0, 0.1) is 5.92 Å². The molecule has 7 heteroatoms. The molecule has 3 atom stereocenters. The zero-order chi connectivity index (χ0) is 18.8. The van der Waals surface area contributed by atoms with Gasteiger partial charge in [-0.1, -0.05) is 0 Å². The number of fused-ring (bicyclic) bond motifs is 1. The molecule has 0 aromatic carbocycles. The largest absolute Gasteiger partial charge is 0.467 e. The minimum absolute atomic E-state index is 0.0219. The highest BCUT2D eigenvalue weighted by Crippen LogP contribution is 2.34. The summed E-state index contributed by atoms with van der Waals surface area (Å²) in [6, 6.07) is 4.08. The van der Waals surface area contributed by atoms with Gasteiger partial charge in [-0.2, -0.15) is 0 Å². The smallest absolute Gasteiger partial charge is 0.239 e. The number of likely N-dealkylation sites (tertiary alicyclic amines) is 1. The van der Waals surface area contributed by atoms with E-state index >= 15 is 0 Å². The van der Waals surface area contributed by atoms with Crippen LogP contribution in [0.5, 0.6) is 0 Å². The number of likely N-dealkylation sites (N-methyl/N-ethyl adjacent to an activating group) is 1. The molecule has 0 unspecified atom stereocenters. The van der Waals surface area contributed by atoms with Crippen molar-refractivity contribution in [2.24, 2.45) is 5.92 Å². The monoisotopic (exact) mass is 374 g/mol. The summed E-state index contributed by atoms with van der Waals surface area (Å²) in [5.41, 5.74) is 0. The van der Waals surface area contributed by atoms with Gasteiger partial charge in [0.15, 0.2) is 0 Å². The minimum atomic E-state index is -0.0339. The quantitative estimate of drug-likeness (QED) is 0.743. The molecule has 1 aromatic rings. The summed E-state index contributed by atoms with van der Waals surface area (Å²) in [7, 11) is 2.12. The summed E-state index contributed by atoms with van der Waals surface area (Å²) < 4.78 is 5.24. The van der Waals surface area contributed by atoms with Crippen molar-refractivity contribution in [1.82, 2.24) is 20.4 Å². The molecule has 3 heterocycles. The maximum Gasteiger partial charge on any atom is 0.239 e. The van der Waals surface area contributed by atoms with Gasteiger partial charge >= 0.3 is 0 Å². The van der Waals surface area contributed by atoms with Gasteiger partial charge in [-0.3, -0.25) is 19.4 Å². The Morgan fingerprint density at radius 3 is 2.96 bits per heavy atom. The molecule has 3 fully saturated rings. The Bertz CT molecular complexity index is 658. The minimum Gasteiger partial charge on any atom is -0.467 e. The maximum absolute atomic E-state index is 12.7. The van der Waals surface area contributed by atoms with Gasteiger partial charge < -0.3 is 15.1 Å². The van der Waals surface area contributed by atoms with E-state index in [2.05, 4.69) is 27.5 Å². The Morgan fingerprint density at radius 2 is 2.22 bits per heavy atom. The number of furan rings is 1. The Labute approximate surface area is 160 Å². The van der Waals surface area contributed by atoms with E-state index in [1.807, 2.05) is 12.1 Å². The number of nitrogens with one attached hydrogen (secondary N) is 2. The fraction of sp³-hybridized carbons (Fsp3) is 0.700. The summed E-state index contributed by atoms with van der Waals surface area (Å²) in [6.45, 7) is 3.09. The molecule has 0 bridgehead atoms. The molecule has 7 nitrogen and oxygen atoms in total. The van der Waals surface area contributed by atoms with Crippen LogP contribution in [0.15, 0.2) is 22.8 Å². The van der Waals surface area contributed by atoms with Crippen LogP contribution in [0.4, 0.5) is 0 Å². The molecule has 2 aliphatic heterocycles. The maximum atomic E-state index is 12.7. The fourth-order valence-corrected chi connectivity index (χ4v) is 4.47. The van der Waals surface area contributed by atoms with Crippen LogP contribution in [0.25, 0.3) is 0 Å². The molecular formula is C20H30N4O3. The highest BCUT2D eigenvalue weighted by molar-refractivity contribution is 5.83. The average Bonchev–Trinajstić information content (AvgIpc) is 3.18. The molecule has 2 N–H and O–H groups in total. The van der Waals surface area contributed by atoms with Gasteiger partial charge in [0, 0.05) is 38.1 Å². The van der Waals surface area contributed by atoms with Crippen molar-refractivity contribution in [3.8, 4) is 0 Å². The van der Waals surface area contributed by atoms with Crippen molar-refractivity contribution in [2.45, 2.75) is 56.8 Å². The van der Waals surface area contributed by atoms with Gasteiger partial charge in [0.2, 0.25) is 11.8 Å². The van der Waals surface area contributed by atoms with Gasteiger partial charge in [-0.25, -0.2) is 0 Å². The van der Waals surface area contributed by atoms with Gasteiger partial charge in [0.1, 0.15) is 11.8 Å². The third kappa shape index (κ3) is 4.35. The molecular weight excluding hydrogens is 344 g/mol. The molecule has 0 radical (unpaired) electrons. The van der Waals surface area contributed by atoms with E-state index in [0.29, 0.717) is 19.5 Å². The third-order valence-corrected chi connectivity index (χ3v) is 6.28. The van der Waals surface area contributed by atoms with E-state index in [9.17, 15) is 9.59 Å². The summed E-state index contributed by atoms with van der Waals surface area (Å²) in [5, 5.41) is 6.03. The van der Waals surface area contributed by atoms with Crippen molar-refractivity contribution >= 4 is 11.8 Å². The SMILES string of the molecule is CN1[C@@H](CCC(=O)NCc2ccco2)CNC(=O)[C@@H]2[C@H]1CCN2CC1CC1. The van der Waals surface area contributed by atoms with Crippen LogP contribution in [0.2, 0.25) is 0 Å². The first-order chi connectivity index (χ1) is 13.1. The van der Waals surface area contributed by atoms with Gasteiger partial charge in [-0.05, 0) is 50.8 Å². The predicted octanol–water partition coefficient (Wildman–Crippen LogP) is 0.959. The second kappa shape index (κ2) is 8.02. The van der Waals surface area contributed by atoms with Crippen LogP contribution in [-0.4, -0.2) is 66.4 Å². The lowest BCUT2D eigenvalue weighted by Crippen LogP contribution is -2.50. The van der Waals surface area contributed by atoms with Crippen LogP contribution in [0.1, 0.15) is 37.9 Å². The van der Waals surface area contributed by atoms with Crippen molar-refractivity contribution in [3.63, 3.8) is 0 Å². The predicted molar refractivity (Wildman–Crippen MR) is 101 cm³/mol. The summed E-state index contributed by atoms with van der Waals surface area (Å²) >= 11 is 0. The molecule has 27 heavy (non-hydrogen) atoms. The summed E-state index contributed by atoms with van der Waals surface area (Å²) in [4.78, 5) is 29.6. The Morgan fingerprint density at radius 1 is 1.37 bits per heavy atom. The van der Waals surface area contributed by atoms with Crippen molar-refractivity contribution < 1.29 is 14.0 Å². The molecule has 1 aliphatic carbocycles. The van der Waals surface area contributed by atoms with Crippen molar-refractivity contribution in [3.05, 3.63) is 24.2 Å². The number of amides is 2. The lowest BCUT2D eigenvalue weighted by atomic mass is 10.0. The zero-order valence-electron chi connectivity index (χ0n) is 16.0. The lowest BCUT2D eigenvalue weighted by Gasteiger charge is -2.33. The number of hydrogen-bond acceptors (Lipinski definition) is 5. The average molecular weight is 374 g/mol. The molecule has 148 valence electrons.